The molecule has 0 aliphatic heterocycles. The molecule has 0 saturated carbocycles. The summed E-state index contributed by atoms with van der Waals surface area (Å²) >= 11 is 0. The summed E-state index contributed by atoms with van der Waals surface area (Å²) in [5.74, 6) is -0.0441. The molecule has 0 aromatic heterocycles. The van der Waals surface area contributed by atoms with Gasteiger partial charge in [0.15, 0.2) is 11.6 Å². The van der Waals surface area contributed by atoms with Crippen LogP contribution in [0.25, 0.3) is 0 Å². The van der Waals surface area contributed by atoms with Crippen LogP contribution in [-0.2, 0) is 16.6 Å². The fourth-order valence-corrected chi connectivity index (χ4v) is 3.51. The molecular weight excluding hydrogens is 329 g/mol. The maximum atomic E-state index is 13.7. The molecule has 0 heterocycles. The SMILES string of the molecule is COc1ccc(CN(C)S(=O)(=O)c2ccc(C(C)C)cc2)cc1F. The molecule has 0 bridgehead atoms. The number of halogens is 1. The molecule has 0 aliphatic carbocycles. The Labute approximate surface area is 142 Å². The standard InChI is InChI=1S/C18H22FNO3S/c1-13(2)15-6-8-16(9-7-15)24(21,22)20(3)12-14-5-10-18(23-4)17(19)11-14/h5-11,13H,12H2,1-4H3. The van der Waals surface area contributed by atoms with Gasteiger partial charge in [-0.1, -0.05) is 32.0 Å². The molecule has 6 heteroatoms. The lowest BCUT2D eigenvalue weighted by molar-refractivity contribution is 0.385. The minimum atomic E-state index is -3.63. The third-order valence-electron chi connectivity index (χ3n) is 3.88. The third-order valence-corrected chi connectivity index (χ3v) is 5.69. The molecule has 4 nitrogen and oxygen atoms in total. The van der Waals surface area contributed by atoms with Gasteiger partial charge in [-0.25, -0.2) is 12.8 Å². The Hall–Kier alpha value is -1.92. The van der Waals surface area contributed by atoms with Crippen molar-refractivity contribution in [2.45, 2.75) is 31.2 Å². The average molecular weight is 351 g/mol. The minimum absolute atomic E-state index is 0.0786. The predicted molar refractivity (Wildman–Crippen MR) is 92.1 cm³/mol. The maximum absolute atomic E-state index is 13.7. The zero-order chi connectivity index (χ0) is 17.9. The lowest BCUT2D eigenvalue weighted by Gasteiger charge is -2.18. The van der Waals surface area contributed by atoms with Crippen molar-refractivity contribution in [3.63, 3.8) is 0 Å². The van der Waals surface area contributed by atoms with Crippen LogP contribution in [0.2, 0.25) is 0 Å². The molecular formula is C18H22FNO3S. The highest BCUT2D eigenvalue weighted by Gasteiger charge is 2.21. The van der Waals surface area contributed by atoms with E-state index in [0.29, 0.717) is 11.5 Å². The lowest BCUT2D eigenvalue weighted by atomic mass is 10.0. The van der Waals surface area contributed by atoms with Crippen molar-refractivity contribution in [3.05, 3.63) is 59.4 Å². The molecule has 0 unspecified atom stereocenters. The van der Waals surface area contributed by atoms with E-state index in [1.807, 2.05) is 26.0 Å². The first-order valence-corrected chi connectivity index (χ1v) is 9.08. The summed E-state index contributed by atoms with van der Waals surface area (Å²) in [5, 5.41) is 0. The number of rotatable bonds is 6. The zero-order valence-electron chi connectivity index (χ0n) is 14.3. The van der Waals surface area contributed by atoms with E-state index < -0.39 is 15.8 Å². The van der Waals surface area contributed by atoms with Crippen LogP contribution in [0.15, 0.2) is 47.4 Å². The van der Waals surface area contributed by atoms with Crippen molar-refractivity contribution in [1.29, 1.82) is 0 Å². The first-order valence-electron chi connectivity index (χ1n) is 7.64. The van der Waals surface area contributed by atoms with Gasteiger partial charge in [-0.3, -0.25) is 0 Å². The van der Waals surface area contributed by atoms with Crippen LogP contribution in [0, 0.1) is 5.82 Å². The Kier molecular flexibility index (Phi) is 5.62. The van der Waals surface area contributed by atoms with Gasteiger partial charge in [0.2, 0.25) is 10.0 Å². The van der Waals surface area contributed by atoms with Crippen LogP contribution in [-0.4, -0.2) is 26.9 Å². The highest BCUT2D eigenvalue weighted by atomic mass is 32.2. The molecule has 2 aromatic carbocycles. The second kappa shape index (κ2) is 7.32. The van der Waals surface area contributed by atoms with Crippen LogP contribution in [0.1, 0.15) is 30.9 Å². The summed E-state index contributed by atoms with van der Waals surface area (Å²) in [4.78, 5) is 0.225. The van der Waals surface area contributed by atoms with Crippen molar-refractivity contribution < 1.29 is 17.5 Å². The molecule has 0 spiro atoms. The predicted octanol–water partition coefficient (Wildman–Crippen LogP) is 3.78. The molecule has 24 heavy (non-hydrogen) atoms. The summed E-state index contributed by atoms with van der Waals surface area (Å²) in [5.41, 5.74) is 1.63. The number of sulfonamides is 1. The number of benzene rings is 2. The molecule has 0 aliphatic rings. The molecule has 0 radical (unpaired) electrons. The Morgan fingerprint density at radius 2 is 1.75 bits per heavy atom. The van der Waals surface area contributed by atoms with E-state index in [4.69, 9.17) is 4.74 Å². The van der Waals surface area contributed by atoms with Crippen LogP contribution < -0.4 is 4.74 Å². The number of ether oxygens (including phenoxy) is 1. The first-order chi connectivity index (χ1) is 11.3. The number of nitrogens with zero attached hydrogens (tertiary/aromatic N) is 1. The molecule has 0 fully saturated rings. The van der Waals surface area contributed by atoms with Gasteiger partial charge in [-0.05, 0) is 41.3 Å². The summed E-state index contributed by atoms with van der Waals surface area (Å²) in [6.07, 6.45) is 0. The summed E-state index contributed by atoms with van der Waals surface area (Å²) in [7, 11) is -0.764. The van der Waals surface area contributed by atoms with Crippen LogP contribution in [0.3, 0.4) is 0 Å². The Morgan fingerprint density at radius 3 is 2.25 bits per heavy atom. The Bertz CT molecular complexity index is 802. The fraction of sp³-hybridized carbons (Fsp3) is 0.333. The van der Waals surface area contributed by atoms with E-state index in [-0.39, 0.29) is 17.2 Å². The minimum Gasteiger partial charge on any atom is -0.494 e. The fourth-order valence-electron chi connectivity index (χ4n) is 2.35. The molecule has 0 saturated heterocycles. The molecule has 0 atom stereocenters. The topological polar surface area (TPSA) is 46.6 Å². The third kappa shape index (κ3) is 3.94. The van der Waals surface area contributed by atoms with Gasteiger partial charge in [0.25, 0.3) is 0 Å². The highest BCUT2D eigenvalue weighted by molar-refractivity contribution is 7.89. The van der Waals surface area contributed by atoms with Crippen molar-refractivity contribution in [3.8, 4) is 5.75 Å². The van der Waals surface area contributed by atoms with Crippen LogP contribution >= 0.6 is 0 Å². The highest BCUT2D eigenvalue weighted by Crippen LogP contribution is 2.22. The number of hydrogen-bond acceptors (Lipinski definition) is 3. The van der Waals surface area contributed by atoms with E-state index in [0.717, 1.165) is 5.56 Å². The second-order valence-corrected chi connectivity index (χ2v) is 8.00. The van der Waals surface area contributed by atoms with Crippen LogP contribution in [0.5, 0.6) is 5.75 Å². The molecule has 2 rings (SSSR count). The number of methoxy groups -OCH3 is 1. The normalized spacial score (nSPS) is 12.0. The average Bonchev–Trinajstić information content (AvgIpc) is 2.55. The van der Waals surface area contributed by atoms with Gasteiger partial charge in [0, 0.05) is 13.6 Å². The molecule has 130 valence electrons. The van der Waals surface area contributed by atoms with Gasteiger partial charge in [0.1, 0.15) is 0 Å². The van der Waals surface area contributed by atoms with E-state index in [2.05, 4.69) is 0 Å². The maximum Gasteiger partial charge on any atom is 0.243 e. The van der Waals surface area contributed by atoms with E-state index in [1.54, 1.807) is 18.2 Å². The zero-order valence-corrected chi connectivity index (χ0v) is 15.1. The van der Waals surface area contributed by atoms with Crippen molar-refractivity contribution >= 4 is 10.0 Å². The van der Waals surface area contributed by atoms with Crippen molar-refractivity contribution in [1.82, 2.24) is 4.31 Å². The largest absolute Gasteiger partial charge is 0.494 e. The summed E-state index contributed by atoms with van der Waals surface area (Å²) in [6.45, 7) is 4.18. The lowest BCUT2D eigenvalue weighted by Crippen LogP contribution is -2.26. The molecule has 0 amide bonds. The smallest absolute Gasteiger partial charge is 0.243 e. The monoisotopic (exact) mass is 351 g/mol. The van der Waals surface area contributed by atoms with Crippen molar-refractivity contribution in [2.24, 2.45) is 0 Å². The van der Waals surface area contributed by atoms with Crippen molar-refractivity contribution in [2.75, 3.05) is 14.2 Å². The van der Waals surface area contributed by atoms with E-state index in [9.17, 15) is 12.8 Å². The number of hydrogen-bond donors (Lipinski definition) is 0. The van der Waals surface area contributed by atoms with Gasteiger partial charge in [-0.15, -0.1) is 0 Å². The van der Waals surface area contributed by atoms with E-state index >= 15 is 0 Å². The Morgan fingerprint density at radius 1 is 1.12 bits per heavy atom. The quantitative estimate of drug-likeness (QED) is 0.796. The van der Waals surface area contributed by atoms with Gasteiger partial charge >= 0.3 is 0 Å². The van der Waals surface area contributed by atoms with Crippen LogP contribution in [0.4, 0.5) is 4.39 Å². The Balaban J connectivity index is 2.21. The summed E-state index contributed by atoms with van der Waals surface area (Å²) in [6, 6.07) is 11.3. The van der Waals surface area contributed by atoms with Gasteiger partial charge < -0.3 is 4.74 Å². The molecule has 2 aromatic rings. The molecule has 0 N–H and O–H groups in total. The van der Waals surface area contributed by atoms with Gasteiger partial charge in [-0.2, -0.15) is 4.31 Å². The summed E-state index contributed by atoms with van der Waals surface area (Å²) < 4.78 is 45.1. The second-order valence-electron chi connectivity index (χ2n) is 5.95. The van der Waals surface area contributed by atoms with E-state index in [1.165, 1.54) is 30.6 Å². The van der Waals surface area contributed by atoms with Gasteiger partial charge in [0.05, 0.1) is 12.0 Å². The first kappa shape index (κ1) is 18.4.